The first-order chi connectivity index (χ1) is 15.9. The number of benzene rings is 1. The number of anilines is 2. The standard InChI is InChI=1S/C24H21ClFN5O2/c1-14-15(2)27-8-5-20(14)29-24-28-9-6-21(30-24)16-7-10-31(23(33)12-16)22(13-32)17-3-4-18(25)19(26)11-17/h3-12,22,32H,13H2,1-2H3,(H,27,28,29,30). The Labute approximate surface area is 194 Å². The van der Waals surface area contributed by atoms with Crippen molar-refractivity contribution in [1.29, 1.82) is 0 Å². The molecule has 0 radical (unpaired) electrons. The molecule has 7 nitrogen and oxygen atoms in total. The fourth-order valence-corrected chi connectivity index (χ4v) is 3.57. The summed E-state index contributed by atoms with van der Waals surface area (Å²) in [6.45, 7) is 3.50. The summed E-state index contributed by atoms with van der Waals surface area (Å²) in [5.41, 5.74) is 3.94. The first-order valence-corrected chi connectivity index (χ1v) is 10.6. The molecule has 0 aliphatic heterocycles. The van der Waals surface area contributed by atoms with E-state index in [9.17, 15) is 14.3 Å². The Bertz CT molecular complexity index is 1380. The average Bonchev–Trinajstić information content (AvgIpc) is 2.81. The molecule has 0 aliphatic carbocycles. The number of hydrogen-bond acceptors (Lipinski definition) is 6. The topological polar surface area (TPSA) is 92.9 Å². The Morgan fingerprint density at radius 3 is 2.64 bits per heavy atom. The zero-order chi connectivity index (χ0) is 23.5. The van der Waals surface area contributed by atoms with E-state index in [0.29, 0.717) is 22.8 Å². The van der Waals surface area contributed by atoms with Gasteiger partial charge in [0.1, 0.15) is 5.82 Å². The van der Waals surface area contributed by atoms with Crippen molar-refractivity contribution < 1.29 is 9.50 Å². The molecule has 0 fully saturated rings. The first kappa shape index (κ1) is 22.6. The third-order valence-corrected chi connectivity index (χ3v) is 5.75. The lowest BCUT2D eigenvalue weighted by molar-refractivity contribution is 0.247. The highest BCUT2D eigenvalue weighted by molar-refractivity contribution is 6.30. The van der Waals surface area contributed by atoms with Gasteiger partial charge in [-0.3, -0.25) is 9.78 Å². The van der Waals surface area contributed by atoms with Crippen LogP contribution in [0.15, 0.2) is 65.8 Å². The normalized spacial score (nSPS) is 11.9. The van der Waals surface area contributed by atoms with E-state index >= 15 is 0 Å². The van der Waals surface area contributed by atoms with Crippen LogP contribution in [0.2, 0.25) is 5.02 Å². The maximum absolute atomic E-state index is 13.9. The molecule has 0 saturated heterocycles. The van der Waals surface area contributed by atoms with Gasteiger partial charge in [-0.25, -0.2) is 14.4 Å². The van der Waals surface area contributed by atoms with Gasteiger partial charge in [0.05, 0.1) is 23.4 Å². The molecule has 0 bridgehead atoms. The van der Waals surface area contributed by atoms with Crippen LogP contribution in [0.4, 0.5) is 16.0 Å². The lowest BCUT2D eigenvalue weighted by Gasteiger charge is -2.18. The summed E-state index contributed by atoms with van der Waals surface area (Å²) in [6.07, 6.45) is 4.86. The van der Waals surface area contributed by atoms with Crippen LogP contribution in [0.1, 0.15) is 22.9 Å². The van der Waals surface area contributed by atoms with Crippen molar-refractivity contribution in [3.8, 4) is 11.3 Å². The Balaban J connectivity index is 1.64. The molecule has 9 heteroatoms. The molecule has 0 amide bonds. The molecular formula is C24H21ClFN5O2. The van der Waals surface area contributed by atoms with E-state index in [1.165, 1.54) is 22.8 Å². The Hall–Kier alpha value is -3.62. The smallest absolute Gasteiger partial charge is 0.251 e. The van der Waals surface area contributed by atoms with Crippen molar-refractivity contribution in [1.82, 2.24) is 19.5 Å². The highest BCUT2D eigenvalue weighted by atomic mass is 35.5. The maximum Gasteiger partial charge on any atom is 0.251 e. The summed E-state index contributed by atoms with van der Waals surface area (Å²) in [5.74, 6) is -0.229. The molecular weight excluding hydrogens is 445 g/mol. The van der Waals surface area contributed by atoms with E-state index in [1.54, 1.807) is 36.8 Å². The molecule has 0 aliphatic rings. The molecule has 33 heavy (non-hydrogen) atoms. The number of halogens is 2. The Morgan fingerprint density at radius 2 is 1.91 bits per heavy atom. The van der Waals surface area contributed by atoms with Crippen LogP contribution in [-0.4, -0.2) is 31.2 Å². The minimum absolute atomic E-state index is 0.0246. The lowest BCUT2D eigenvalue weighted by Crippen LogP contribution is -2.27. The zero-order valence-electron chi connectivity index (χ0n) is 18.0. The van der Waals surface area contributed by atoms with E-state index in [-0.39, 0.29) is 17.2 Å². The van der Waals surface area contributed by atoms with Crippen LogP contribution in [0.3, 0.4) is 0 Å². The minimum Gasteiger partial charge on any atom is -0.394 e. The Morgan fingerprint density at radius 1 is 1.12 bits per heavy atom. The van der Waals surface area contributed by atoms with Crippen molar-refractivity contribution in [2.24, 2.45) is 0 Å². The van der Waals surface area contributed by atoms with Crippen molar-refractivity contribution in [2.75, 3.05) is 11.9 Å². The maximum atomic E-state index is 13.9. The van der Waals surface area contributed by atoms with Crippen LogP contribution >= 0.6 is 11.6 Å². The van der Waals surface area contributed by atoms with Crippen LogP contribution in [0.5, 0.6) is 0 Å². The van der Waals surface area contributed by atoms with Gasteiger partial charge in [0.25, 0.3) is 5.56 Å². The van der Waals surface area contributed by atoms with Gasteiger partial charge < -0.3 is 15.0 Å². The quantitative estimate of drug-likeness (QED) is 0.437. The fraction of sp³-hybridized carbons (Fsp3) is 0.167. The van der Waals surface area contributed by atoms with Crippen LogP contribution < -0.4 is 10.9 Å². The van der Waals surface area contributed by atoms with Gasteiger partial charge in [0, 0.05) is 41.6 Å². The van der Waals surface area contributed by atoms with Crippen molar-refractivity contribution in [3.63, 3.8) is 0 Å². The van der Waals surface area contributed by atoms with Crippen LogP contribution in [0.25, 0.3) is 11.3 Å². The average molecular weight is 466 g/mol. The molecule has 0 saturated carbocycles. The summed E-state index contributed by atoms with van der Waals surface area (Å²) >= 11 is 5.75. The monoisotopic (exact) mass is 465 g/mol. The second-order valence-electron chi connectivity index (χ2n) is 7.49. The minimum atomic E-state index is -0.751. The first-order valence-electron chi connectivity index (χ1n) is 10.2. The summed E-state index contributed by atoms with van der Waals surface area (Å²) < 4.78 is 15.2. The molecule has 3 heterocycles. The number of nitrogens with one attached hydrogen (secondary N) is 1. The second kappa shape index (κ2) is 9.48. The van der Waals surface area contributed by atoms with Crippen LogP contribution in [0, 0.1) is 19.7 Å². The summed E-state index contributed by atoms with van der Waals surface area (Å²) in [7, 11) is 0. The van der Waals surface area contributed by atoms with E-state index < -0.39 is 11.9 Å². The number of rotatable bonds is 6. The molecule has 1 atom stereocenters. The molecule has 4 rings (SSSR count). The highest BCUT2D eigenvalue weighted by Crippen LogP contribution is 2.24. The third-order valence-electron chi connectivity index (χ3n) is 5.44. The van der Waals surface area contributed by atoms with Gasteiger partial charge in [-0.2, -0.15) is 0 Å². The number of aromatic nitrogens is 4. The van der Waals surface area contributed by atoms with Crippen molar-refractivity contribution >= 4 is 23.2 Å². The van der Waals surface area contributed by atoms with Gasteiger partial charge in [-0.05, 0) is 55.3 Å². The lowest BCUT2D eigenvalue weighted by atomic mass is 10.1. The third kappa shape index (κ3) is 4.76. The number of aliphatic hydroxyl groups excluding tert-OH is 1. The molecule has 168 valence electrons. The van der Waals surface area contributed by atoms with E-state index in [1.807, 2.05) is 19.9 Å². The predicted molar refractivity (Wildman–Crippen MR) is 125 cm³/mol. The van der Waals surface area contributed by atoms with Gasteiger partial charge in [-0.15, -0.1) is 0 Å². The summed E-state index contributed by atoms with van der Waals surface area (Å²) in [4.78, 5) is 25.9. The van der Waals surface area contributed by atoms with Gasteiger partial charge in [0.15, 0.2) is 0 Å². The molecule has 4 aromatic rings. The molecule has 0 spiro atoms. The second-order valence-corrected chi connectivity index (χ2v) is 7.90. The van der Waals surface area contributed by atoms with Gasteiger partial charge in [-0.1, -0.05) is 17.7 Å². The summed E-state index contributed by atoms with van der Waals surface area (Å²) in [5, 5.41) is 13.0. The summed E-state index contributed by atoms with van der Waals surface area (Å²) in [6, 6.07) is 10.1. The Kier molecular flexibility index (Phi) is 6.48. The number of aliphatic hydroxyl groups is 1. The van der Waals surface area contributed by atoms with Gasteiger partial charge in [0.2, 0.25) is 5.95 Å². The molecule has 1 unspecified atom stereocenters. The SMILES string of the molecule is Cc1nccc(Nc2nccc(-c3ccn(C(CO)c4ccc(Cl)c(F)c4)c(=O)c3)n2)c1C. The van der Waals surface area contributed by atoms with E-state index in [0.717, 1.165) is 16.9 Å². The van der Waals surface area contributed by atoms with Gasteiger partial charge >= 0.3 is 0 Å². The van der Waals surface area contributed by atoms with Crippen molar-refractivity contribution in [3.05, 3.63) is 99.1 Å². The van der Waals surface area contributed by atoms with Crippen LogP contribution in [-0.2, 0) is 0 Å². The zero-order valence-corrected chi connectivity index (χ0v) is 18.7. The van der Waals surface area contributed by atoms with Crippen molar-refractivity contribution in [2.45, 2.75) is 19.9 Å². The molecule has 2 N–H and O–H groups in total. The largest absolute Gasteiger partial charge is 0.394 e. The van der Waals surface area contributed by atoms with E-state index in [4.69, 9.17) is 11.6 Å². The fourth-order valence-electron chi connectivity index (χ4n) is 3.46. The number of aryl methyl sites for hydroxylation is 1. The predicted octanol–water partition coefficient (Wildman–Crippen LogP) is 4.43. The number of hydrogen-bond donors (Lipinski definition) is 2. The number of nitrogens with zero attached hydrogens (tertiary/aromatic N) is 4. The van der Waals surface area contributed by atoms with E-state index in [2.05, 4.69) is 20.3 Å². The highest BCUT2D eigenvalue weighted by Gasteiger charge is 2.16. The molecule has 3 aromatic heterocycles. The molecule has 1 aromatic carbocycles. The number of pyridine rings is 2.